The van der Waals surface area contributed by atoms with Crippen LogP contribution in [0.5, 0.6) is 0 Å². The highest BCUT2D eigenvalue weighted by molar-refractivity contribution is 4.86. The van der Waals surface area contributed by atoms with Gasteiger partial charge in [0.05, 0.1) is 0 Å². The maximum absolute atomic E-state index is 2.64. The minimum atomic E-state index is 1.03. The molecule has 0 N–H and O–H groups in total. The minimum Gasteiger partial charge on any atom is -0.300 e. The van der Waals surface area contributed by atoms with E-state index in [0.29, 0.717) is 0 Å². The Morgan fingerprint density at radius 3 is 2.12 bits per heavy atom. The summed E-state index contributed by atoms with van der Waals surface area (Å²) in [5, 5.41) is 0. The molecule has 1 nitrogen and oxygen atoms in total. The third-order valence-corrected chi connectivity index (χ3v) is 2.20. The Morgan fingerprint density at radius 1 is 1.00 bits per heavy atom. The zero-order chi connectivity index (χ0) is 5.40. The van der Waals surface area contributed by atoms with Crippen molar-refractivity contribution in [3.63, 3.8) is 0 Å². The van der Waals surface area contributed by atoms with Crippen molar-refractivity contribution in [2.75, 3.05) is 13.1 Å². The van der Waals surface area contributed by atoms with Crippen molar-refractivity contribution in [1.82, 2.24) is 4.90 Å². The van der Waals surface area contributed by atoms with Crippen molar-refractivity contribution >= 4 is 0 Å². The predicted molar refractivity (Wildman–Crippen MR) is 33.8 cm³/mol. The fourth-order valence-corrected chi connectivity index (χ4v) is 1.55. The second-order valence-electron chi connectivity index (χ2n) is 2.97. The topological polar surface area (TPSA) is 3.24 Å². The van der Waals surface area contributed by atoms with Gasteiger partial charge in [-0.15, -0.1) is 0 Å². The summed E-state index contributed by atoms with van der Waals surface area (Å²) in [7, 11) is 0. The van der Waals surface area contributed by atoms with Crippen LogP contribution in [0.3, 0.4) is 0 Å². The fraction of sp³-hybridized carbons (Fsp3) is 1.00. The van der Waals surface area contributed by atoms with Crippen molar-refractivity contribution in [3.8, 4) is 0 Å². The van der Waals surface area contributed by atoms with Gasteiger partial charge in [0.15, 0.2) is 0 Å². The summed E-state index contributed by atoms with van der Waals surface area (Å²) in [6, 6.07) is 1.03. The van der Waals surface area contributed by atoms with Gasteiger partial charge in [-0.2, -0.15) is 0 Å². The molecule has 0 spiro atoms. The van der Waals surface area contributed by atoms with Crippen LogP contribution in [0, 0.1) is 0 Å². The molecule has 1 heteroatoms. The lowest BCUT2D eigenvalue weighted by molar-refractivity contribution is 0.328. The average molecular weight is 111 g/mol. The van der Waals surface area contributed by atoms with E-state index in [2.05, 4.69) is 4.90 Å². The number of rotatable bonds is 1. The summed E-state index contributed by atoms with van der Waals surface area (Å²) < 4.78 is 0. The third-order valence-electron chi connectivity index (χ3n) is 2.20. The van der Waals surface area contributed by atoms with Gasteiger partial charge in [-0.05, 0) is 38.8 Å². The van der Waals surface area contributed by atoms with Crippen LogP contribution in [0.4, 0.5) is 0 Å². The number of hydrogen-bond donors (Lipinski definition) is 0. The van der Waals surface area contributed by atoms with E-state index in [0.717, 1.165) is 6.04 Å². The second kappa shape index (κ2) is 1.73. The largest absolute Gasteiger partial charge is 0.300 e. The van der Waals surface area contributed by atoms with Gasteiger partial charge in [0.2, 0.25) is 0 Å². The average Bonchev–Trinajstić information content (AvgIpc) is 2.49. The zero-order valence-electron chi connectivity index (χ0n) is 5.27. The van der Waals surface area contributed by atoms with Crippen molar-refractivity contribution < 1.29 is 0 Å². The summed E-state index contributed by atoms with van der Waals surface area (Å²) in [6.45, 7) is 2.79. The molecule has 1 aliphatic heterocycles. The fourth-order valence-electron chi connectivity index (χ4n) is 1.55. The van der Waals surface area contributed by atoms with Gasteiger partial charge in [0.25, 0.3) is 0 Å². The standard InChI is InChI=1S/C7H13N/c1-2-6-8(5-1)7-3-4-7/h7H,1-6H2. The third kappa shape index (κ3) is 0.752. The molecule has 0 amide bonds. The molecule has 0 atom stereocenters. The number of hydrogen-bond acceptors (Lipinski definition) is 1. The van der Waals surface area contributed by atoms with Crippen LogP contribution in [0.25, 0.3) is 0 Å². The molecule has 0 aromatic heterocycles. The van der Waals surface area contributed by atoms with Crippen LogP contribution in [0.1, 0.15) is 25.7 Å². The summed E-state index contributed by atoms with van der Waals surface area (Å²) >= 11 is 0. The molecule has 1 heterocycles. The highest BCUT2D eigenvalue weighted by atomic mass is 15.2. The smallest absolute Gasteiger partial charge is 0.00964 e. The lowest BCUT2D eigenvalue weighted by atomic mass is 10.4. The molecule has 1 saturated carbocycles. The predicted octanol–water partition coefficient (Wildman–Crippen LogP) is 1.24. The van der Waals surface area contributed by atoms with Crippen molar-refractivity contribution in [1.29, 1.82) is 0 Å². The van der Waals surface area contributed by atoms with Gasteiger partial charge in [-0.1, -0.05) is 0 Å². The molecule has 2 fully saturated rings. The van der Waals surface area contributed by atoms with E-state index in [1.807, 2.05) is 0 Å². The maximum Gasteiger partial charge on any atom is 0.00964 e. The highest BCUT2D eigenvalue weighted by Gasteiger charge is 2.29. The van der Waals surface area contributed by atoms with Crippen molar-refractivity contribution in [3.05, 3.63) is 0 Å². The zero-order valence-corrected chi connectivity index (χ0v) is 5.27. The van der Waals surface area contributed by atoms with E-state index in [9.17, 15) is 0 Å². The Bertz CT molecular complexity index is 80.4. The normalized spacial score (nSPS) is 31.5. The summed E-state index contributed by atoms with van der Waals surface area (Å²) in [4.78, 5) is 2.64. The summed E-state index contributed by atoms with van der Waals surface area (Å²) in [5.74, 6) is 0. The summed E-state index contributed by atoms with van der Waals surface area (Å²) in [6.07, 6.45) is 5.88. The molecule has 1 aliphatic carbocycles. The van der Waals surface area contributed by atoms with Gasteiger partial charge in [-0.3, -0.25) is 0 Å². The molecule has 0 bridgehead atoms. The lowest BCUT2D eigenvalue weighted by Gasteiger charge is -2.11. The van der Waals surface area contributed by atoms with Crippen molar-refractivity contribution in [2.45, 2.75) is 31.7 Å². The second-order valence-corrected chi connectivity index (χ2v) is 2.97. The number of likely N-dealkylation sites (tertiary alicyclic amines) is 1. The molecule has 0 aromatic rings. The molecule has 2 rings (SSSR count). The molecule has 0 unspecified atom stereocenters. The Kier molecular flexibility index (Phi) is 1.04. The maximum atomic E-state index is 2.64. The first kappa shape index (κ1) is 4.80. The Balaban J connectivity index is 1.86. The minimum absolute atomic E-state index is 1.03. The molecule has 0 aromatic carbocycles. The van der Waals surface area contributed by atoms with Crippen LogP contribution < -0.4 is 0 Å². The van der Waals surface area contributed by atoms with Gasteiger partial charge < -0.3 is 4.90 Å². The van der Waals surface area contributed by atoms with Gasteiger partial charge in [0.1, 0.15) is 0 Å². The van der Waals surface area contributed by atoms with E-state index >= 15 is 0 Å². The van der Waals surface area contributed by atoms with E-state index in [1.54, 1.807) is 0 Å². The van der Waals surface area contributed by atoms with E-state index in [-0.39, 0.29) is 0 Å². The molecule has 2 aliphatic rings. The molecule has 46 valence electrons. The lowest BCUT2D eigenvalue weighted by Crippen LogP contribution is -2.20. The molecular weight excluding hydrogens is 98.1 g/mol. The molecule has 1 saturated heterocycles. The van der Waals surface area contributed by atoms with Gasteiger partial charge >= 0.3 is 0 Å². The monoisotopic (exact) mass is 111 g/mol. The molecular formula is C7H13N. The Morgan fingerprint density at radius 2 is 1.62 bits per heavy atom. The Labute approximate surface area is 50.7 Å². The first-order chi connectivity index (χ1) is 3.97. The molecule has 0 radical (unpaired) electrons. The van der Waals surface area contributed by atoms with Crippen LogP contribution in [0.2, 0.25) is 0 Å². The van der Waals surface area contributed by atoms with E-state index in [1.165, 1.54) is 38.8 Å². The van der Waals surface area contributed by atoms with Crippen LogP contribution >= 0.6 is 0 Å². The highest BCUT2D eigenvalue weighted by Crippen LogP contribution is 2.29. The van der Waals surface area contributed by atoms with Crippen LogP contribution in [0.15, 0.2) is 0 Å². The summed E-state index contributed by atoms with van der Waals surface area (Å²) in [5.41, 5.74) is 0. The van der Waals surface area contributed by atoms with E-state index < -0.39 is 0 Å². The number of nitrogens with zero attached hydrogens (tertiary/aromatic N) is 1. The molecule has 8 heavy (non-hydrogen) atoms. The van der Waals surface area contributed by atoms with Crippen LogP contribution in [-0.2, 0) is 0 Å². The first-order valence-electron chi connectivity index (χ1n) is 3.71. The van der Waals surface area contributed by atoms with Gasteiger partial charge in [0, 0.05) is 6.04 Å². The SMILES string of the molecule is C1CCN(C2CC2)C1. The Hall–Kier alpha value is -0.0400. The van der Waals surface area contributed by atoms with Crippen molar-refractivity contribution in [2.24, 2.45) is 0 Å². The quantitative estimate of drug-likeness (QED) is 0.492. The van der Waals surface area contributed by atoms with Crippen LogP contribution in [-0.4, -0.2) is 24.0 Å². The van der Waals surface area contributed by atoms with Gasteiger partial charge in [-0.25, -0.2) is 0 Å². The van der Waals surface area contributed by atoms with E-state index in [4.69, 9.17) is 0 Å². The first-order valence-corrected chi connectivity index (χ1v) is 3.71.